The molecule has 1 rings (SSSR count). The summed E-state index contributed by atoms with van der Waals surface area (Å²) < 4.78 is 13.0. The highest BCUT2D eigenvalue weighted by molar-refractivity contribution is 5.80. The molecule has 7 heteroatoms. The Morgan fingerprint density at radius 1 is 1.53 bits per heavy atom. The van der Waals surface area contributed by atoms with Crippen molar-refractivity contribution >= 4 is 17.8 Å². The van der Waals surface area contributed by atoms with Crippen molar-refractivity contribution in [2.24, 2.45) is 10.7 Å². The lowest BCUT2D eigenvalue weighted by Gasteiger charge is -2.02. The number of hydrogen-bond acceptors (Lipinski definition) is 3. The summed E-state index contributed by atoms with van der Waals surface area (Å²) in [4.78, 5) is 17.4. The first-order chi connectivity index (χ1) is 7.09. The molecule has 0 fully saturated rings. The number of hydroxylamine groups is 1. The number of carboxylic acid groups (broad SMARTS) is 1. The van der Waals surface area contributed by atoms with Crippen LogP contribution in [0.5, 0.6) is 0 Å². The maximum atomic E-state index is 13.0. The molecule has 6 nitrogen and oxygen atoms in total. The van der Waals surface area contributed by atoms with Gasteiger partial charge in [-0.3, -0.25) is 0 Å². The third-order valence-corrected chi connectivity index (χ3v) is 1.34. The standard InChI is InChI=1S/C8H8FN3O3/c9-5-3-1-2-4-6(5)11-7(10)12-15-8(13)14/h1-4H,(H,13,14)(H3,10,11,12). The van der Waals surface area contributed by atoms with Crippen molar-refractivity contribution in [3.05, 3.63) is 30.1 Å². The van der Waals surface area contributed by atoms with E-state index in [1.807, 2.05) is 5.48 Å². The van der Waals surface area contributed by atoms with E-state index in [0.717, 1.165) is 0 Å². The number of aliphatic imine (C=N–C) groups is 1. The van der Waals surface area contributed by atoms with Crippen LogP contribution in [0.1, 0.15) is 0 Å². The molecule has 0 aliphatic carbocycles. The number of rotatable bonds is 1. The molecule has 1 aromatic rings. The van der Waals surface area contributed by atoms with E-state index < -0.39 is 12.0 Å². The van der Waals surface area contributed by atoms with Crippen LogP contribution in [0.4, 0.5) is 14.9 Å². The lowest BCUT2D eigenvalue weighted by atomic mass is 10.3. The molecule has 0 unspecified atom stereocenters. The molecule has 0 spiro atoms. The molecule has 0 atom stereocenters. The summed E-state index contributed by atoms with van der Waals surface area (Å²) in [5.74, 6) is -0.930. The summed E-state index contributed by atoms with van der Waals surface area (Å²) in [5.41, 5.74) is 7.01. The third kappa shape index (κ3) is 3.51. The molecule has 0 saturated heterocycles. The molecule has 1 aromatic carbocycles. The minimum absolute atomic E-state index is 0.0171. The van der Waals surface area contributed by atoms with Gasteiger partial charge in [0.2, 0.25) is 5.96 Å². The van der Waals surface area contributed by atoms with Gasteiger partial charge in [-0.2, -0.15) is 5.48 Å². The van der Waals surface area contributed by atoms with Gasteiger partial charge < -0.3 is 15.7 Å². The zero-order chi connectivity index (χ0) is 11.3. The van der Waals surface area contributed by atoms with Gasteiger partial charge in [-0.05, 0) is 12.1 Å². The van der Waals surface area contributed by atoms with Gasteiger partial charge in [-0.15, -0.1) is 0 Å². The number of nitrogens with zero attached hydrogens (tertiary/aromatic N) is 1. The van der Waals surface area contributed by atoms with E-state index in [0.29, 0.717) is 0 Å². The first kappa shape index (κ1) is 10.8. The van der Waals surface area contributed by atoms with Crippen molar-refractivity contribution < 1.29 is 19.1 Å². The summed E-state index contributed by atoms with van der Waals surface area (Å²) in [6.07, 6.45) is -1.57. The quantitative estimate of drug-likeness (QED) is 0.367. The molecule has 0 amide bonds. The molecule has 4 N–H and O–H groups in total. The zero-order valence-electron chi connectivity index (χ0n) is 7.48. The second kappa shape index (κ2) is 4.80. The first-order valence-corrected chi connectivity index (χ1v) is 3.84. The van der Waals surface area contributed by atoms with Gasteiger partial charge in [0, 0.05) is 0 Å². The smallest absolute Gasteiger partial charge is 0.448 e. The summed E-state index contributed by atoms with van der Waals surface area (Å²) >= 11 is 0. The Kier molecular flexibility index (Phi) is 3.44. The van der Waals surface area contributed by atoms with E-state index >= 15 is 0 Å². The number of carbonyl (C=O) groups is 1. The zero-order valence-corrected chi connectivity index (χ0v) is 7.48. The normalized spacial score (nSPS) is 10.9. The van der Waals surface area contributed by atoms with E-state index in [9.17, 15) is 9.18 Å². The summed E-state index contributed by atoms with van der Waals surface area (Å²) in [7, 11) is 0. The minimum Gasteiger partial charge on any atom is -0.448 e. The maximum Gasteiger partial charge on any atom is 0.530 e. The topological polar surface area (TPSA) is 96.9 Å². The average Bonchev–Trinajstić information content (AvgIpc) is 2.18. The predicted molar refractivity (Wildman–Crippen MR) is 49.9 cm³/mol. The van der Waals surface area contributed by atoms with Crippen molar-refractivity contribution in [3.8, 4) is 0 Å². The fourth-order valence-corrected chi connectivity index (χ4v) is 0.791. The highest BCUT2D eigenvalue weighted by Crippen LogP contribution is 2.15. The molecule has 0 heterocycles. The fraction of sp³-hybridized carbons (Fsp3) is 0. The van der Waals surface area contributed by atoms with Gasteiger partial charge in [-0.1, -0.05) is 12.1 Å². The van der Waals surface area contributed by atoms with Crippen molar-refractivity contribution in [1.82, 2.24) is 5.48 Å². The van der Waals surface area contributed by atoms with Crippen molar-refractivity contribution in [2.45, 2.75) is 0 Å². The van der Waals surface area contributed by atoms with Gasteiger partial charge in [-0.25, -0.2) is 14.2 Å². The highest BCUT2D eigenvalue weighted by atomic mass is 19.1. The molecular formula is C8H8FN3O3. The number of para-hydroxylation sites is 1. The van der Waals surface area contributed by atoms with E-state index in [1.54, 1.807) is 6.07 Å². The van der Waals surface area contributed by atoms with Crippen LogP contribution in [-0.2, 0) is 4.84 Å². The van der Waals surface area contributed by atoms with Gasteiger partial charge in [0.1, 0.15) is 11.5 Å². The monoisotopic (exact) mass is 213 g/mol. The van der Waals surface area contributed by atoms with Gasteiger partial charge in [0.25, 0.3) is 0 Å². The van der Waals surface area contributed by atoms with E-state index in [1.165, 1.54) is 18.2 Å². The Morgan fingerprint density at radius 3 is 2.80 bits per heavy atom. The molecule has 80 valence electrons. The predicted octanol–water partition coefficient (Wildman–Crippen LogP) is 0.971. The van der Waals surface area contributed by atoms with Crippen LogP contribution in [0.25, 0.3) is 0 Å². The molecule has 0 radical (unpaired) electrons. The Hall–Kier alpha value is -2.31. The molecule has 0 bridgehead atoms. The number of benzene rings is 1. The van der Waals surface area contributed by atoms with Crippen LogP contribution in [0.3, 0.4) is 0 Å². The number of guanidine groups is 1. The van der Waals surface area contributed by atoms with Crippen molar-refractivity contribution in [3.63, 3.8) is 0 Å². The second-order valence-electron chi connectivity index (χ2n) is 2.42. The van der Waals surface area contributed by atoms with Gasteiger partial charge in [0.05, 0.1) is 0 Å². The Bertz CT molecular complexity index is 394. The second-order valence-corrected chi connectivity index (χ2v) is 2.42. The van der Waals surface area contributed by atoms with Crippen LogP contribution in [0.15, 0.2) is 29.3 Å². The van der Waals surface area contributed by atoms with Crippen LogP contribution in [0, 0.1) is 5.82 Å². The fourth-order valence-electron chi connectivity index (χ4n) is 0.791. The highest BCUT2D eigenvalue weighted by Gasteiger charge is 2.01. The molecular weight excluding hydrogens is 205 g/mol. The number of hydrogen-bond donors (Lipinski definition) is 3. The molecule has 0 aliphatic heterocycles. The van der Waals surface area contributed by atoms with Gasteiger partial charge in [0.15, 0.2) is 0 Å². The lowest BCUT2D eigenvalue weighted by molar-refractivity contribution is 0.0680. The lowest BCUT2D eigenvalue weighted by Crippen LogP contribution is -2.33. The Morgan fingerprint density at radius 2 is 2.20 bits per heavy atom. The Balaban J connectivity index is 2.70. The molecule has 0 saturated carbocycles. The number of nitrogens with two attached hydrogens (primary N) is 1. The number of nitrogens with one attached hydrogen (secondary N) is 1. The molecule has 15 heavy (non-hydrogen) atoms. The van der Waals surface area contributed by atoms with Crippen molar-refractivity contribution in [2.75, 3.05) is 0 Å². The third-order valence-electron chi connectivity index (χ3n) is 1.34. The minimum atomic E-state index is -1.57. The van der Waals surface area contributed by atoms with E-state index in [4.69, 9.17) is 10.8 Å². The van der Waals surface area contributed by atoms with Crippen molar-refractivity contribution in [1.29, 1.82) is 0 Å². The van der Waals surface area contributed by atoms with Crippen LogP contribution in [0.2, 0.25) is 0 Å². The summed E-state index contributed by atoms with van der Waals surface area (Å²) in [6.45, 7) is 0. The van der Waals surface area contributed by atoms with Crippen LogP contribution in [-0.4, -0.2) is 17.2 Å². The maximum absolute atomic E-state index is 13.0. The van der Waals surface area contributed by atoms with E-state index in [2.05, 4.69) is 9.83 Å². The Labute approximate surface area is 84.1 Å². The molecule has 0 aromatic heterocycles. The number of halogens is 1. The molecule has 0 aliphatic rings. The van der Waals surface area contributed by atoms with E-state index in [-0.39, 0.29) is 11.6 Å². The first-order valence-electron chi connectivity index (χ1n) is 3.84. The summed E-state index contributed by atoms with van der Waals surface area (Å²) in [6, 6.07) is 5.63. The van der Waals surface area contributed by atoms with Gasteiger partial charge >= 0.3 is 6.16 Å². The van der Waals surface area contributed by atoms with Crippen LogP contribution >= 0.6 is 0 Å². The largest absolute Gasteiger partial charge is 0.530 e. The SMILES string of the molecule is NC(=Nc1ccccc1F)NOC(=O)O. The van der Waals surface area contributed by atoms with Crippen LogP contribution < -0.4 is 11.2 Å². The summed E-state index contributed by atoms with van der Waals surface area (Å²) in [5, 5.41) is 8.11. The average molecular weight is 213 g/mol.